The van der Waals surface area contributed by atoms with Crippen LogP contribution in [0.4, 0.5) is 0 Å². The maximum absolute atomic E-state index is 6.98. The summed E-state index contributed by atoms with van der Waals surface area (Å²) in [5.41, 5.74) is 1.36. The van der Waals surface area contributed by atoms with E-state index >= 15 is 0 Å². The van der Waals surface area contributed by atoms with E-state index in [4.69, 9.17) is 11.1 Å². The minimum atomic E-state index is -1.90. The van der Waals surface area contributed by atoms with E-state index in [1.54, 1.807) is 0 Å². The average Bonchev–Trinajstić information content (AvgIpc) is 2.17. The normalized spacial score (nSPS) is 16.9. The number of benzene rings is 1. The van der Waals surface area contributed by atoms with Gasteiger partial charge in [0.05, 0.1) is 0 Å². The SMILES string of the molecule is CC(C)(C)[Si](C)(Cl)C(C)(C)c1ccccc1. The largest absolute Gasteiger partial charge is 0.168 e. The van der Waals surface area contributed by atoms with Gasteiger partial charge < -0.3 is 0 Å². The molecule has 90 valence electrons. The molecule has 2 heteroatoms. The molecule has 0 amide bonds. The summed E-state index contributed by atoms with van der Waals surface area (Å²) in [7, 11) is -1.90. The van der Waals surface area contributed by atoms with Gasteiger partial charge in [0.25, 0.3) is 0 Å². The van der Waals surface area contributed by atoms with Crippen molar-refractivity contribution in [3.8, 4) is 0 Å². The van der Waals surface area contributed by atoms with Gasteiger partial charge in [-0.1, -0.05) is 71.5 Å². The molecule has 0 N–H and O–H groups in total. The Kier molecular flexibility index (Phi) is 3.61. The summed E-state index contributed by atoms with van der Waals surface area (Å²) in [5, 5.41) is 0.266. The van der Waals surface area contributed by atoms with Crippen molar-refractivity contribution < 1.29 is 0 Å². The minimum absolute atomic E-state index is 0.0774. The van der Waals surface area contributed by atoms with E-state index in [1.807, 2.05) is 0 Å². The topological polar surface area (TPSA) is 0 Å². The molecule has 0 radical (unpaired) electrons. The van der Waals surface area contributed by atoms with Gasteiger partial charge in [0.1, 0.15) is 0 Å². The first-order valence-corrected chi connectivity index (χ1v) is 9.36. The summed E-state index contributed by atoms with van der Waals surface area (Å²) in [5.74, 6) is 0. The Balaban J connectivity index is 3.22. The molecule has 1 unspecified atom stereocenters. The highest BCUT2D eigenvalue weighted by molar-refractivity contribution is 7.22. The van der Waals surface area contributed by atoms with Gasteiger partial charge >= 0.3 is 0 Å². The summed E-state index contributed by atoms with van der Waals surface area (Å²) in [6, 6.07) is 10.6. The highest BCUT2D eigenvalue weighted by atomic mass is 35.6. The third-order valence-electron chi connectivity index (χ3n) is 4.08. The zero-order valence-corrected chi connectivity index (χ0v) is 13.0. The average molecular weight is 255 g/mol. The molecule has 0 bridgehead atoms. The zero-order chi connectivity index (χ0) is 12.6. The lowest BCUT2D eigenvalue weighted by molar-refractivity contribution is 0.634. The molecule has 1 aromatic rings. The Morgan fingerprint density at radius 2 is 1.38 bits per heavy atom. The van der Waals surface area contributed by atoms with Crippen LogP contribution in [0.3, 0.4) is 0 Å². The van der Waals surface area contributed by atoms with E-state index in [-0.39, 0.29) is 10.1 Å². The quantitative estimate of drug-likeness (QED) is 0.508. The number of rotatable bonds is 2. The highest BCUT2D eigenvalue weighted by Gasteiger charge is 2.51. The van der Waals surface area contributed by atoms with Crippen molar-refractivity contribution in [2.75, 3.05) is 0 Å². The summed E-state index contributed by atoms with van der Waals surface area (Å²) < 4.78 is 0. The van der Waals surface area contributed by atoms with Crippen LogP contribution in [0.1, 0.15) is 40.2 Å². The number of hydrogen-bond donors (Lipinski definition) is 0. The maximum Gasteiger partial charge on any atom is 0.168 e. The maximum atomic E-state index is 6.98. The van der Waals surface area contributed by atoms with Crippen molar-refractivity contribution in [2.45, 2.75) is 51.2 Å². The summed E-state index contributed by atoms with van der Waals surface area (Å²) in [6.45, 7) is 13.6. The van der Waals surface area contributed by atoms with Crippen molar-refractivity contribution >= 4 is 18.5 Å². The molecule has 16 heavy (non-hydrogen) atoms. The van der Waals surface area contributed by atoms with Crippen LogP contribution in [-0.4, -0.2) is 7.38 Å². The first kappa shape index (κ1) is 13.8. The molecule has 1 rings (SSSR count). The molecule has 0 nitrogen and oxygen atoms in total. The molecule has 0 saturated heterocycles. The molecular formula is C14H23ClSi. The molecule has 0 saturated carbocycles. The van der Waals surface area contributed by atoms with E-state index in [2.05, 4.69) is 71.5 Å². The van der Waals surface area contributed by atoms with Crippen LogP contribution in [0.2, 0.25) is 11.6 Å². The van der Waals surface area contributed by atoms with Crippen molar-refractivity contribution in [2.24, 2.45) is 0 Å². The second-order valence-corrected chi connectivity index (χ2v) is 13.3. The fourth-order valence-electron chi connectivity index (χ4n) is 2.06. The molecule has 0 aliphatic heterocycles. The molecule has 1 atom stereocenters. The van der Waals surface area contributed by atoms with Crippen LogP contribution in [0.15, 0.2) is 30.3 Å². The minimum Gasteiger partial charge on any atom is -0.166 e. The van der Waals surface area contributed by atoms with E-state index in [1.165, 1.54) is 5.56 Å². The second-order valence-electron chi connectivity index (χ2n) is 6.24. The Hall–Kier alpha value is -0.273. The lowest BCUT2D eigenvalue weighted by atomic mass is 10.0. The fraction of sp³-hybridized carbons (Fsp3) is 0.571. The first-order chi connectivity index (χ1) is 7.11. The molecule has 0 heterocycles. The molecular weight excluding hydrogens is 232 g/mol. The van der Waals surface area contributed by atoms with Gasteiger partial charge in [-0.3, -0.25) is 0 Å². The van der Waals surface area contributed by atoms with Crippen molar-refractivity contribution in [1.82, 2.24) is 0 Å². The number of halogens is 1. The van der Waals surface area contributed by atoms with Gasteiger partial charge in [0.2, 0.25) is 0 Å². The predicted molar refractivity (Wildman–Crippen MR) is 76.7 cm³/mol. The zero-order valence-electron chi connectivity index (χ0n) is 11.3. The van der Waals surface area contributed by atoms with Crippen LogP contribution >= 0.6 is 11.1 Å². The summed E-state index contributed by atoms with van der Waals surface area (Å²) in [6.07, 6.45) is 0. The Morgan fingerprint density at radius 3 is 1.75 bits per heavy atom. The third kappa shape index (κ3) is 2.21. The van der Waals surface area contributed by atoms with Gasteiger partial charge in [-0.15, -0.1) is 0 Å². The lowest BCUT2D eigenvalue weighted by Crippen LogP contribution is -2.52. The van der Waals surface area contributed by atoms with Crippen LogP contribution in [-0.2, 0) is 5.04 Å². The molecule has 1 aromatic carbocycles. The Labute approximate surface area is 106 Å². The van der Waals surface area contributed by atoms with Crippen LogP contribution in [0.25, 0.3) is 0 Å². The van der Waals surface area contributed by atoms with Crippen molar-refractivity contribution in [3.05, 3.63) is 35.9 Å². The van der Waals surface area contributed by atoms with Crippen molar-refractivity contribution in [3.63, 3.8) is 0 Å². The molecule has 0 spiro atoms. The number of hydrogen-bond acceptors (Lipinski definition) is 0. The Morgan fingerprint density at radius 1 is 0.938 bits per heavy atom. The van der Waals surface area contributed by atoms with Gasteiger partial charge in [-0.2, -0.15) is 11.1 Å². The van der Waals surface area contributed by atoms with Gasteiger partial charge in [-0.25, -0.2) is 0 Å². The summed E-state index contributed by atoms with van der Waals surface area (Å²) >= 11 is 6.98. The molecule has 0 aliphatic carbocycles. The standard InChI is InChI=1S/C14H23ClSi/c1-13(2,3)16(6,15)14(4,5)12-10-8-7-9-11-12/h7-11H,1-6H3. The Bertz CT molecular complexity index is 347. The predicted octanol–water partition coefficient (Wildman–Crippen LogP) is 5.12. The third-order valence-corrected chi connectivity index (χ3v) is 12.6. The van der Waals surface area contributed by atoms with Gasteiger partial charge in [0.15, 0.2) is 7.38 Å². The van der Waals surface area contributed by atoms with Crippen molar-refractivity contribution in [1.29, 1.82) is 0 Å². The molecule has 0 fully saturated rings. The van der Waals surface area contributed by atoms with E-state index in [0.717, 1.165) is 0 Å². The summed E-state index contributed by atoms with van der Waals surface area (Å²) in [4.78, 5) is 0. The molecule has 0 aliphatic rings. The van der Waals surface area contributed by atoms with Gasteiger partial charge in [0, 0.05) is 0 Å². The first-order valence-electron chi connectivity index (χ1n) is 5.85. The smallest absolute Gasteiger partial charge is 0.166 e. The monoisotopic (exact) mass is 254 g/mol. The lowest BCUT2D eigenvalue weighted by Gasteiger charge is -2.46. The molecule has 0 aromatic heterocycles. The van der Waals surface area contributed by atoms with E-state index < -0.39 is 7.38 Å². The van der Waals surface area contributed by atoms with E-state index in [9.17, 15) is 0 Å². The fourth-order valence-corrected chi connectivity index (χ4v) is 4.97. The van der Waals surface area contributed by atoms with Gasteiger partial charge in [-0.05, 0) is 15.6 Å². The van der Waals surface area contributed by atoms with E-state index in [0.29, 0.717) is 0 Å². The van der Waals surface area contributed by atoms with Crippen LogP contribution in [0.5, 0.6) is 0 Å². The van der Waals surface area contributed by atoms with Crippen LogP contribution < -0.4 is 0 Å². The van der Waals surface area contributed by atoms with Crippen LogP contribution in [0, 0.1) is 0 Å². The second kappa shape index (κ2) is 4.19. The highest BCUT2D eigenvalue weighted by Crippen LogP contribution is 2.50.